The van der Waals surface area contributed by atoms with Crippen LogP contribution in [0.25, 0.3) is 0 Å². The molecule has 3 aliphatic heterocycles. The second kappa shape index (κ2) is 7.59. The highest BCUT2D eigenvalue weighted by Crippen LogP contribution is 2.39. The summed E-state index contributed by atoms with van der Waals surface area (Å²) in [7, 11) is 0. The summed E-state index contributed by atoms with van der Waals surface area (Å²) in [5.74, 6) is 1.20. The topological polar surface area (TPSA) is 79.8 Å². The van der Waals surface area contributed by atoms with Crippen molar-refractivity contribution in [2.75, 3.05) is 57.4 Å². The van der Waals surface area contributed by atoms with Gasteiger partial charge in [-0.1, -0.05) is 13.8 Å². The lowest BCUT2D eigenvalue weighted by atomic mass is 9.80. The van der Waals surface area contributed by atoms with Gasteiger partial charge in [-0.15, -0.1) is 0 Å². The number of morpholine rings is 1. The molecule has 1 atom stereocenters. The van der Waals surface area contributed by atoms with Gasteiger partial charge in [0.25, 0.3) is 0 Å². The number of urea groups is 1. The monoisotopic (exact) mass is 375 g/mol. The first kappa shape index (κ1) is 18.4. The minimum Gasteiger partial charge on any atom is -0.378 e. The summed E-state index contributed by atoms with van der Waals surface area (Å²) < 4.78 is 11.3. The van der Waals surface area contributed by atoms with Gasteiger partial charge in [0.15, 0.2) is 0 Å². The van der Waals surface area contributed by atoms with Gasteiger partial charge in [-0.05, 0) is 12.3 Å². The summed E-state index contributed by atoms with van der Waals surface area (Å²) in [4.78, 5) is 26.1. The number of nitrogens with one attached hydrogen (secondary N) is 1. The van der Waals surface area contributed by atoms with Gasteiger partial charge < -0.3 is 24.6 Å². The Kier molecular flexibility index (Phi) is 5.19. The van der Waals surface area contributed by atoms with E-state index in [4.69, 9.17) is 14.5 Å². The van der Waals surface area contributed by atoms with Crippen molar-refractivity contribution in [3.05, 3.63) is 17.5 Å². The molecule has 0 radical (unpaired) electrons. The highest BCUT2D eigenvalue weighted by Gasteiger charge is 2.46. The number of hydrogen-bond acceptors (Lipinski definition) is 6. The zero-order valence-corrected chi connectivity index (χ0v) is 16.2. The fraction of sp³-hybridized carbons (Fsp3) is 0.737. The molecule has 27 heavy (non-hydrogen) atoms. The van der Waals surface area contributed by atoms with Gasteiger partial charge >= 0.3 is 6.03 Å². The molecule has 0 aliphatic carbocycles. The number of nitrogens with zero attached hydrogens (tertiary/aromatic N) is 4. The van der Waals surface area contributed by atoms with Gasteiger partial charge in [-0.25, -0.2) is 14.8 Å². The minimum atomic E-state index is -0.229. The van der Waals surface area contributed by atoms with Crippen molar-refractivity contribution in [1.82, 2.24) is 20.2 Å². The summed E-state index contributed by atoms with van der Waals surface area (Å²) in [6, 6.07) is 0.00940. The Bertz CT molecular complexity index is 692. The molecule has 2 amide bonds. The Hall–Kier alpha value is -1.93. The predicted molar refractivity (Wildman–Crippen MR) is 101 cm³/mol. The number of likely N-dealkylation sites (tertiary alicyclic amines) is 1. The van der Waals surface area contributed by atoms with Crippen LogP contribution in [-0.2, 0) is 21.5 Å². The molecule has 3 aliphatic rings. The molecule has 8 heteroatoms. The first-order valence-electron chi connectivity index (χ1n) is 9.87. The third-order valence-electron chi connectivity index (χ3n) is 5.59. The molecule has 0 aromatic carbocycles. The van der Waals surface area contributed by atoms with Gasteiger partial charge in [-0.2, -0.15) is 0 Å². The Morgan fingerprint density at radius 2 is 2.11 bits per heavy atom. The van der Waals surface area contributed by atoms with Crippen molar-refractivity contribution in [2.24, 2.45) is 5.92 Å². The summed E-state index contributed by atoms with van der Waals surface area (Å²) in [5, 5.41) is 3.02. The zero-order chi connectivity index (χ0) is 18.9. The summed E-state index contributed by atoms with van der Waals surface area (Å²) >= 11 is 0. The third kappa shape index (κ3) is 3.73. The second-order valence-corrected chi connectivity index (χ2v) is 8.17. The lowest BCUT2D eigenvalue weighted by Gasteiger charge is -2.35. The van der Waals surface area contributed by atoms with E-state index in [-0.39, 0.29) is 11.4 Å². The summed E-state index contributed by atoms with van der Waals surface area (Å²) in [6.45, 7) is 10.4. The first-order valence-corrected chi connectivity index (χ1v) is 9.87. The predicted octanol–water partition coefficient (Wildman–Crippen LogP) is 1.15. The number of hydrogen-bond donors (Lipinski definition) is 1. The van der Waals surface area contributed by atoms with E-state index in [1.54, 1.807) is 0 Å². The largest absolute Gasteiger partial charge is 0.378 e. The van der Waals surface area contributed by atoms with Crippen LogP contribution in [-0.4, -0.2) is 73.4 Å². The average Bonchev–Trinajstić information content (AvgIpc) is 3.12. The fourth-order valence-corrected chi connectivity index (χ4v) is 4.06. The molecule has 4 heterocycles. The van der Waals surface area contributed by atoms with E-state index in [1.807, 2.05) is 11.1 Å². The van der Waals surface area contributed by atoms with Gasteiger partial charge in [0.05, 0.1) is 37.5 Å². The van der Waals surface area contributed by atoms with Crippen molar-refractivity contribution in [3.8, 4) is 0 Å². The number of amides is 2. The molecule has 1 aromatic heterocycles. The number of aromatic nitrogens is 2. The Labute approximate surface area is 160 Å². The highest BCUT2D eigenvalue weighted by atomic mass is 16.5. The lowest BCUT2D eigenvalue weighted by molar-refractivity contribution is 0.0517. The summed E-state index contributed by atoms with van der Waals surface area (Å²) in [6.07, 6.45) is 2.77. The lowest BCUT2D eigenvalue weighted by Crippen LogP contribution is -2.45. The van der Waals surface area contributed by atoms with E-state index in [2.05, 4.69) is 29.0 Å². The average molecular weight is 375 g/mol. The number of ether oxygens (including phenoxy) is 2. The van der Waals surface area contributed by atoms with Crippen molar-refractivity contribution in [2.45, 2.75) is 32.3 Å². The SMILES string of the molecule is CC(C)CNC(=O)N1CC[C@@]2(COCc3cnc(N4CCOCC4)nc32)C1. The van der Waals surface area contributed by atoms with Crippen LogP contribution in [0.1, 0.15) is 31.5 Å². The van der Waals surface area contributed by atoms with E-state index < -0.39 is 0 Å². The maximum absolute atomic E-state index is 12.5. The smallest absolute Gasteiger partial charge is 0.317 e. The van der Waals surface area contributed by atoms with Crippen LogP contribution in [0, 0.1) is 5.92 Å². The molecular weight excluding hydrogens is 346 g/mol. The zero-order valence-electron chi connectivity index (χ0n) is 16.2. The Morgan fingerprint density at radius 3 is 2.89 bits per heavy atom. The Balaban J connectivity index is 1.54. The van der Waals surface area contributed by atoms with E-state index >= 15 is 0 Å². The number of anilines is 1. The van der Waals surface area contributed by atoms with E-state index in [1.165, 1.54) is 0 Å². The molecule has 0 bridgehead atoms. The number of rotatable bonds is 3. The van der Waals surface area contributed by atoms with Gasteiger partial charge in [-0.3, -0.25) is 0 Å². The maximum Gasteiger partial charge on any atom is 0.317 e. The Morgan fingerprint density at radius 1 is 1.30 bits per heavy atom. The maximum atomic E-state index is 12.5. The van der Waals surface area contributed by atoms with Crippen LogP contribution in [0.5, 0.6) is 0 Å². The molecule has 4 rings (SSSR count). The fourth-order valence-electron chi connectivity index (χ4n) is 4.06. The van der Waals surface area contributed by atoms with Crippen molar-refractivity contribution in [1.29, 1.82) is 0 Å². The summed E-state index contributed by atoms with van der Waals surface area (Å²) in [5.41, 5.74) is 1.87. The molecule has 2 fully saturated rings. The van der Waals surface area contributed by atoms with Crippen LogP contribution in [0.2, 0.25) is 0 Å². The van der Waals surface area contributed by atoms with E-state index in [9.17, 15) is 4.79 Å². The van der Waals surface area contributed by atoms with E-state index in [0.29, 0.717) is 45.4 Å². The molecule has 0 unspecified atom stereocenters. The molecule has 1 aromatic rings. The standard InChI is InChI=1S/C19H29N5O3/c1-14(2)9-21-18(25)24-4-3-19(12-24)13-27-11-15-10-20-17(22-16(15)19)23-5-7-26-8-6-23/h10,14H,3-9,11-13H2,1-2H3,(H,21,25)/t19-/m0/s1. The number of carbonyl (C=O) groups excluding carboxylic acids is 1. The number of carbonyl (C=O) groups is 1. The van der Waals surface area contributed by atoms with E-state index in [0.717, 1.165) is 43.3 Å². The molecule has 1 spiro atoms. The molecule has 148 valence electrons. The van der Waals surface area contributed by atoms with Gasteiger partial charge in [0.2, 0.25) is 5.95 Å². The second-order valence-electron chi connectivity index (χ2n) is 8.17. The van der Waals surface area contributed by atoms with Gasteiger partial charge in [0.1, 0.15) is 0 Å². The normalized spacial score (nSPS) is 25.1. The molecule has 8 nitrogen and oxygen atoms in total. The molecule has 2 saturated heterocycles. The van der Waals surface area contributed by atoms with Gasteiger partial charge in [0, 0.05) is 44.5 Å². The van der Waals surface area contributed by atoms with Crippen molar-refractivity contribution < 1.29 is 14.3 Å². The third-order valence-corrected chi connectivity index (χ3v) is 5.59. The van der Waals surface area contributed by atoms with Crippen LogP contribution < -0.4 is 10.2 Å². The minimum absolute atomic E-state index is 0.00940. The van der Waals surface area contributed by atoms with Crippen LogP contribution in [0.15, 0.2) is 6.20 Å². The van der Waals surface area contributed by atoms with Crippen LogP contribution in [0.4, 0.5) is 10.7 Å². The van der Waals surface area contributed by atoms with Crippen molar-refractivity contribution >= 4 is 12.0 Å². The first-order chi connectivity index (χ1) is 13.1. The quantitative estimate of drug-likeness (QED) is 0.854. The van der Waals surface area contributed by atoms with Crippen LogP contribution in [0.3, 0.4) is 0 Å². The van der Waals surface area contributed by atoms with Crippen molar-refractivity contribution in [3.63, 3.8) is 0 Å². The number of fused-ring (bicyclic) bond motifs is 2. The highest BCUT2D eigenvalue weighted by molar-refractivity contribution is 5.74. The molecular formula is C19H29N5O3. The van der Waals surface area contributed by atoms with Crippen LogP contribution >= 0.6 is 0 Å². The molecule has 1 N–H and O–H groups in total. The molecule has 0 saturated carbocycles.